The summed E-state index contributed by atoms with van der Waals surface area (Å²) in [6, 6.07) is 1.77. The van der Waals surface area contributed by atoms with Crippen molar-refractivity contribution in [2.75, 3.05) is 5.73 Å². The van der Waals surface area contributed by atoms with Crippen molar-refractivity contribution in [2.24, 2.45) is 0 Å². The van der Waals surface area contributed by atoms with Gasteiger partial charge >= 0.3 is 0 Å². The molecule has 0 aliphatic carbocycles. The molecule has 0 radical (unpaired) electrons. The number of hydrogen-bond acceptors (Lipinski definition) is 1. The molecule has 1 nitrogen and oxygen atoms in total. The van der Waals surface area contributed by atoms with Gasteiger partial charge in [0.25, 0.3) is 0 Å². The Hall–Kier alpha value is -0.210. The van der Waals surface area contributed by atoms with Gasteiger partial charge in [-0.05, 0) is 31.0 Å². The van der Waals surface area contributed by atoms with E-state index in [1.165, 1.54) is 0 Å². The number of benzene rings is 1. The fraction of sp³-hybridized carbons (Fsp3) is 0.250. The molecule has 0 aliphatic heterocycles. The lowest BCUT2D eigenvalue weighted by Gasteiger charge is -2.07. The van der Waals surface area contributed by atoms with Gasteiger partial charge in [0.2, 0.25) is 0 Å². The molecule has 0 atom stereocenters. The average molecular weight is 235 g/mol. The molecule has 0 aliphatic rings. The minimum atomic E-state index is 0.708. The fourth-order valence-electron chi connectivity index (χ4n) is 0.866. The van der Waals surface area contributed by atoms with Gasteiger partial charge in [0, 0.05) is 15.2 Å². The van der Waals surface area contributed by atoms with E-state index in [1.807, 2.05) is 13.8 Å². The average Bonchev–Trinajstić information content (AvgIpc) is 1.97. The van der Waals surface area contributed by atoms with Crippen LogP contribution in [0.2, 0.25) is 5.02 Å². The maximum atomic E-state index is 5.88. The third-order valence-corrected chi connectivity index (χ3v) is 3.31. The largest absolute Gasteiger partial charge is 0.398 e. The summed E-state index contributed by atoms with van der Waals surface area (Å²) in [6.45, 7) is 3.92. The second-order valence-corrected chi connectivity index (χ2v) is 3.71. The van der Waals surface area contributed by atoms with E-state index in [-0.39, 0.29) is 0 Å². The predicted molar refractivity (Wildman–Crippen MR) is 53.0 cm³/mol. The molecule has 0 aromatic heterocycles. The monoisotopic (exact) mass is 233 g/mol. The molecule has 0 spiro atoms. The van der Waals surface area contributed by atoms with Gasteiger partial charge in [-0.15, -0.1) is 0 Å². The highest BCUT2D eigenvalue weighted by Crippen LogP contribution is 2.31. The zero-order valence-corrected chi connectivity index (χ0v) is 8.75. The van der Waals surface area contributed by atoms with Crippen molar-refractivity contribution in [1.29, 1.82) is 0 Å². The first-order valence-corrected chi connectivity index (χ1v) is 4.41. The van der Waals surface area contributed by atoms with Gasteiger partial charge in [-0.2, -0.15) is 0 Å². The smallest absolute Gasteiger partial charge is 0.0467 e. The summed E-state index contributed by atoms with van der Waals surface area (Å²) >= 11 is 9.30. The highest BCUT2D eigenvalue weighted by molar-refractivity contribution is 9.10. The van der Waals surface area contributed by atoms with E-state index in [0.717, 1.165) is 21.3 Å². The van der Waals surface area contributed by atoms with Gasteiger partial charge in [0.05, 0.1) is 0 Å². The fourth-order valence-corrected chi connectivity index (χ4v) is 1.63. The van der Waals surface area contributed by atoms with E-state index < -0.39 is 0 Å². The van der Waals surface area contributed by atoms with Crippen LogP contribution in [0.1, 0.15) is 11.1 Å². The van der Waals surface area contributed by atoms with Crippen LogP contribution in [0, 0.1) is 13.8 Å². The standard InChI is InChI=1S/C8H9BrClN/c1-4-6(10)3-7(11)5(2)8(4)9/h3H,11H2,1-2H3. The number of hydrogen-bond donors (Lipinski definition) is 1. The lowest BCUT2D eigenvalue weighted by molar-refractivity contribution is 1.34. The molecule has 0 saturated carbocycles. The van der Waals surface area contributed by atoms with E-state index in [2.05, 4.69) is 15.9 Å². The molecule has 1 aromatic carbocycles. The molecule has 11 heavy (non-hydrogen) atoms. The molecule has 3 heteroatoms. The van der Waals surface area contributed by atoms with Gasteiger partial charge in [-0.3, -0.25) is 0 Å². The van der Waals surface area contributed by atoms with Crippen molar-refractivity contribution in [3.8, 4) is 0 Å². The van der Waals surface area contributed by atoms with E-state index in [0.29, 0.717) is 5.02 Å². The molecule has 1 rings (SSSR count). The highest BCUT2D eigenvalue weighted by atomic mass is 79.9. The molecule has 0 amide bonds. The lowest BCUT2D eigenvalue weighted by atomic mass is 10.1. The zero-order chi connectivity index (χ0) is 8.59. The number of halogens is 2. The topological polar surface area (TPSA) is 26.0 Å². The van der Waals surface area contributed by atoms with Crippen LogP contribution in [-0.2, 0) is 0 Å². The summed E-state index contributed by atoms with van der Waals surface area (Å²) in [5.41, 5.74) is 8.49. The van der Waals surface area contributed by atoms with Crippen molar-refractivity contribution >= 4 is 33.2 Å². The first-order valence-electron chi connectivity index (χ1n) is 3.24. The maximum Gasteiger partial charge on any atom is 0.0467 e. The Morgan fingerprint density at radius 3 is 2.45 bits per heavy atom. The molecule has 2 N–H and O–H groups in total. The number of rotatable bonds is 0. The normalized spacial score (nSPS) is 10.2. The first-order chi connectivity index (χ1) is 5.04. The van der Waals surface area contributed by atoms with Gasteiger partial charge in [0.1, 0.15) is 0 Å². The molecule has 0 saturated heterocycles. The quantitative estimate of drug-likeness (QED) is 0.685. The Labute approximate surface area is 79.7 Å². The number of nitrogen functional groups attached to an aromatic ring is 1. The predicted octanol–water partition coefficient (Wildman–Crippen LogP) is 3.30. The number of anilines is 1. The summed E-state index contributed by atoms with van der Waals surface area (Å²) in [7, 11) is 0. The van der Waals surface area contributed by atoms with Crippen LogP contribution in [0.15, 0.2) is 10.5 Å². The van der Waals surface area contributed by atoms with Crippen LogP contribution in [0.4, 0.5) is 5.69 Å². The van der Waals surface area contributed by atoms with Gasteiger partial charge in [-0.1, -0.05) is 27.5 Å². The lowest BCUT2D eigenvalue weighted by Crippen LogP contribution is -1.92. The van der Waals surface area contributed by atoms with Crippen LogP contribution in [-0.4, -0.2) is 0 Å². The van der Waals surface area contributed by atoms with Crippen LogP contribution in [0.3, 0.4) is 0 Å². The maximum absolute atomic E-state index is 5.88. The van der Waals surface area contributed by atoms with E-state index in [1.54, 1.807) is 6.07 Å². The molecular formula is C8H9BrClN. The third kappa shape index (κ3) is 1.52. The van der Waals surface area contributed by atoms with Gasteiger partial charge < -0.3 is 5.73 Å². The third-order valence-electron chi connectivity index (χ3n) is 1.73. The Morgan fingerprint density at radius 1 is 1.36 bits per heavy atom. The molecule has 0 fully saturated rings. The van der Waals surface area contributed by atoms with Crippen LogP contribution in [0.5, 0.6) is 0 Å². The van der Waals surface area contributed by atoms with E-state index in [4.69, 9.17) is 17.3 Å². The van der Waals surface area contributed by atoms with E-state index in [9.17, 15) is 0 Å². The van der Waals surface area contributed by atoms with Gasteiger partial charge in [-0.25, -0.2) is 0 Å². The van der Waals surface area contributed by atoms with Crippen molar-refractivity contribution in [3.63, 3.8) is 0 Å². The number of nitrogens with two attached hydrogens (primary N) is 1. The Kier molecular flexibility index (Phi) is 2.45. The molecule has 0 bridgehead atoms. The van der Waals surface area contributed by atoms with Gasteiger partial charge in [0.15, 0.2) is 0 Å². The summed E-state index contributed by atoms with van der Waals surface area (Å²) in [5.74, 6) is 0. The summed E-state index contributed by atoms with van der Waals surface area (Å²) in [5, 5.41) is 0.708. The Balaban J connectivity index is 3.46. The van der Waals surface area contributed by atoms with Crippen molar-refractivity contribution in [3.05, 3.63) is 26.7 Å². The minimum Gasteiger partial charge on any atom is -0.398 e. The first kappa shape index (κ1) is 8.88. The van der Waals surface area contributed by atoms with E-state index >= 15 is 0 Å². The van der Waals surface area contributed by atoms with Crippen LogP contribution in [0.25, 0.3) is 0 Å². The molecule has 1 aromatic rings. The van der Waals surface area contributed by atoms with Crippen LogP contribution < -0.4 is 5.73 Å². The van der Waals surface area contributed by atoms with Crippen molar-refractivity contribution in [2.45, 2.75) is 13.8 Å². The second kappa shape index (κ2) is 3.03. The van der Waals surface area contributed by atoms with Crippen molar-refractivity contribution in [1.82, 2.24) is 0 Å². The summed E-state index contributed by atoms with van der Waals surface area (Å²) < 4.78 is 1.00. The molecule has 60 valence electrons. The SMILES string of the molecule is Cc1c(N)cc(Cl)c(C)c1Br. The van der Waals surface area contributed by atoms with Crippen molar-refractivity contribution < 1.29 is 0 Å². The molecule has 0 unspecified atom stereocenters. The second-order valence-electron chi connectivity index (χ2n) is 2.51. The Bertz CT molecular complexity index is 270. The molecule has 0 heterocycles. The highest BCUT2D eigenvalue weighted by Gasteiger charge is 2.06. The molecular weight excluding hydrogens is 225 g/mol. The van der Waals surface area contributed by atoms with Crippen LogP contribution >= 0.6 is 27.5 Å². The minimum absolute atomic E-state index is 0.708. The summed E-state index contributed by atoms with van der Waals surface area (Å²) in [4.78, 5) is 0. The zero-order valence-electron chi connectivity index (χ0n) is 6.41. The Morgan fingerprint density at radius 2 is 1.91 bits per heavy atom. The summed E-state index contributed by atoms with van der Waals surface area (Å²) in [6.07, 6.45) is 0.